The van der Waals surface area contributed by atoms with Crippen LogP contribution in [0.15, 0.2) is 46.9 Å². The van der Waals surface area contributed by atoms with Gasteiger partial charge >= 0.3 is 6.61 Å². The van der Waals surface area contributed by atoms with E-state index in [9.17, 15) is 13.6 Å². The van der Waals surface area contributed by atoms with E-state index in [0.29, 0.717) is 27.4 Å². The van der Waals surface area contributed by atoms with Crippen molar-refractivity contribution in [3.8, 4) is 17.1 Å². The first-order chi connectivity index (χ1) is 14.9. The number of amides is 1. The van der Waals surface area contributed by atoms with Crippen molar-refractivity contribution in [2.75, 3.05) is 5.32 Å². The number of rotatable bonds is 7. The van der Waals surface area contributed by atoms with E-state index < -0.39 is 18.6 Å². The molecule has 0 aliphatic carbocycles. The lowest BCUT2D eigenvalue weighted by atomic mass is 10.2. The third kappa shape index (κ3) is 4.13. The molecule has 1 unspecified atom stereocenters. The molecule has 4 rings (SSSR count). The topological polar surface area (TPSA) is 107 Å². The molecule has 3 N–H and O–H groups in total. The fourth-order valence-corrected chi connectivity index (χ4v) is 3.51. The number of benzene rings is 2. The number of primary amides is 1. The van der Waals surface area contributed by atoms with Crippen molar-refractivity contribution in [2.24, 2.45) is 5.73 Å². The highest BCUT2D eigenvalue weighted by Gasteiger charge is 2.21. The number of anilines is 1. The summed E-state index contributed by atoms with van der Waals surface area (Å²) in [6.45, 7) is -1.20. The third-order valence-corrected chi connectivity index (χ3v) is 5.13. The number of hydrogen-bond acceptors (Lipinski definition) is 6. The summed E-state index contributed by atoms with van der Waals surface area (Å²) in [5.74, 6) is -0.190. The Morgan fingerprint density at radius 1 is 1.26 bits per heavy atom. The van der Waals surface area contributed by atoms with Crippen LogP contribution in [0.25, 0.3) is 27.9 Å². The average molecular weight is 491 g/mol. The van der Waals surface area contributed by atoms with Crippen LogP contribution < -0.4 is 15.8 Å². The molecule has 4 aromatic rings. The highest BCUT2D eigenvalue weighted by atomic mass is 79.9. The van der Waals surface area contributed by atoms with Crippen molar-refractivity contribution in [1.29, 1.82) is 0 Å². The molecule has 0 spiro atoms. The summed E-state index contributed by atoms with van der Waals surface area (Å²) in [5.41, 5.74) is 6.80. The SMILES string of the molecule is CCC(Nc1nc2ccccc2c2nc(-c3ccc(Br)cc3OC(F)F)nn12)C(N)=O. The number of carbonyl (C=O) groups excluding carboxylic acids is 1. The number of hydrogen-bond donors (Lipinski definition) is 2. The predicted octanol–water partition coefficient (Wildman–Crippen LogP) is 3.98. The van der Waals surface area contributed by atoms with E-state index in [4.69, 9.17) is 5.73 Å². The summed E-state index contributed by atoms with van der Waals surface area (Å²) in [6.07, 6.45) is 0.436. The molecular formula is C20H17BrF2N6O2. The Morgan fingerprint density at radius 3 is 2.74 bits per heavy atom. The number of nitrogens with one attached hydrogen (secondary N) is 1. The summed E-state index contributed by atoms with van der Waals surface area (Å²) in [6, 6.07) is 11.3. The van der Waals surface area contributed by atoms with Gasteiger partial charge in [0.15, 0.2) is 11.5 Å². The lowest BCUT2D eigenvalue weighted by molar-refractivity contribution is -0.118. The Bertz CT molecular complexity index is 1280. The van der Waals surface area contributed by atoms with Crippen LogP contribution in [-0.2, 0) is 4.79 Å². The molecule has 31 heavy (non-hydrogen) atoms. The zero-order valence-electron chi connectivity index (χ0n) is 16.2. The van der Waals surface area contributed by atoms with E-state index in [2.05, 4.69) is 41.1 Å². The van der Waals surface area contributed by atoms with E-state index in [1.807, 2.05) is 25.1 Å². The molecule has 0 saturated heterocycles. The summed E-state index contributed by atoms with van der Waals surface area (Å²) < 4.78 is 32.5. The minimum Gasteiger partial charge on any atom is -0.434 e. The van der Waals surface area contributed by atoms with Gasteiger partial charge in [0.1, 0.15) is 11.8 Å². The number of carbonyl (C=O) groups is 1. The Labute approximate surface area is 183 Å². The Balaban J connectivity index is 1.93. The second kappa shape index (κ2) is 8.42. The zero-order valence-corrected chi connectivity index (χ0v) is 17.8. The fourth-order valence-electron chi connectivity index (χ4n) is 3.17. The number of alkyl halides is 2. The molecule has 11 heteroatoms. The zero-order chi connectivity index (χ0) is 22.1. The van der Waals surface area contributed by atoms with Crippen molar-refractivity contribution >= 4 is 44.3 Å². The molecule has 0 saturated carbocycles. The minimum absolute atomic E-state index is 0.0735. The molecule has 1 atom stereocenters. The number of aromatic nitrogens is 4. The first-order valence-corrected chi connectivity index (χ1v) is 10.1. The largest absolute Gasteiger partial charge is 0.434 e. The number of para-hydroxylation sites is 1. The van der Waals surface area contributed by atoms with E-state index in [-0.39, 0.29) is 23.1 Å². The van der Waals surface area contributed by atoms with Crippen LogP contribution in [0.5, 0.6) is 5.75 Å². The average Bonchev–Trinajstić information content (AvgIpc) is 3.17. The van der Waals surface area contributed by atoms with Crippen molar-refractivity contribution in [1.82, 2.24) is 19.6 Å². The summed E-state index contributed by atoms with van der Waals surface area (Å²) in [5, 5.41) is 8.17. The molecule has 0 aliphatic rings. The Hall–Kier alpha value is -3.34. The lowest BCUT2D eigenvalue weighted by Crippen LogP contribution is -2.35. The number of fused-ring (bicyclic) bond motifs is 3. The Morgan fingerprint density at radius 2 is 2.03 bits per heavy atom. The molecule has 0 fully saturated rings. The minimum atomic E-state index is -3.01. The van der Waals surface area contributed by atoms with E-state index in [0.717, 1.165) is 0 Å². The molecular weight excluding hydrogens is 474 g/mol. The van der Waals surface area contributed by atoms with Crippen molar-refractivity contribution < 1.29 is 18.3 Å². The van der Waals surface area contributed by atoms with E-state index in [1.165, 1.54) is 10.6 Å². The van der Waals surface area contributed by atoms with Crippen LogP contribution in [0.1, 0.15) is 13.3 Å². The van der Waals surface area contributed by atoms with Gasteiger partial charge in [0.05, 0.1) is 11.1 Å². The monoisotopic (exact) mass is 490 g/mol. The highest BCUT2D eigenvalue weighted by molar-refractivity contribution is 9.10. The molecule has 0 radical (unpaired) electrons. The van der Waals surface area contributed by atoms with Gasteiger partial charge in [-0.05, 0) is 36.8 Å². The predicted molar refractivity (Wildman–Crippen MR) is 115 cm³/mol. The molecule has 8 nitrogen and oxygen atoms in total. The fraction of sp³-hybridized carbons (Fsp3) is 0.200. The standard InChI is InChI=1S/C20H17BrF2N6O2/c1-2-13(16(24)30)25-20-26-14-6-4-3-5-11(14)18-27-17(28-29(18)20)12-8-7-10(21)9-15(12)31-19(22)23/h3-9,13,19H,2H2,1H3,(H2,24,30)(H,25,26). The second-order valence-electron chi connectivity index (χ2n) is 6.65. The lowest BCUT2D eigenvalue weighted by Gasteiger charge is -2.15. The maximum Gasteiger partial charge on any atom is 0.387 e. The smallest absolute Gasteiger partial charge is 0.387 e. The van der Waals surface area contributed by atoms with Crippen molar-refractivity contribution in [2.45, 2.75) is 26.0 Å². The van der Waals surface area contributed by atoms with Gasteiger partial charge in [-0.25, -0.2) is 9.97 Å². The number of nitrogens with two attached hydrogens (primary N) is 1. The van der Waals surface area contributed by atoms with Crippen LogP contribution in [0.4, 0.5) is 14.7 Å². The summed E-state index contributed by atoms with van der Waals surface area (Å²) in [4.78, 5) is 20.8. The van der Waals surface area contributed by atoms with E-state index in [1.54, 1.807) is 18.2 Å². The quantitative estimate of drug-likeness (QED) is 0.405. The van der Waals surface area contributed by atoms with Crippen LogP contribution >= 0.6 is 15.9 Å². The molecule has 0 bridgehead atoms. The van der Waals surface area contributed by atoms with Crippen LogP contribution in [0.2, 0.25) is 0 Å². The van der Waals surface area contributed by atoms with Crippen LogP contribution in [0, 0.1) is 0 Å². The van der Waals surface area contributed by atoms with Crippen LogP contribution in [0.3, 0.4) is 0 Å². The molecule has 1 amide bonds. The molecule has 2 heterocycles. The van der Waals surface area contributed by atoms with Gasteiger partial charge < -0.3 is 15.8 Å². The molecule has 160 valence electrons. The van der Waals surface area contributed by atoms with Gasteiger partial charge in [-0.1, -0.05) is 35.0 Å². The van der Waals surface area contributed by atoms with Crippen molar-refractivity contribution in [3.63, 3.8) is 0 Å². The summed E-state index contributed by atoms with van der Waals surface area (Å²) >= 11 is 3.25. The van der Waals surface area contributed by atoms with Gasteiger partial charge in [-0.3, -0.25) is 4.79 Å². The van der Waals surface area contributed by atoms with Gasteiger partial charge in [0.2, 0.25) is 11.9 Å². The maximum absolute atomic E-state index is 12.9. The van der Waals surface area contributed by atoms with E-state index >= 15 is 0 Å². The maximum atomic E-state index is 12.9. The Kier molecular flexibility index (Phi) is 5.68. The normalized spacial score (nSPS) is 12.4. The van der Waals surface area contributed by atoms with Gasteiger partial charge in [-0.2, -0.15) is 13.3 Å². The number of nitrogens with zero attached hydrogens (tertiary/aromatic N) is 4. The summed E-state index contributed by atoms with van der Waals surface area (Å²) in [7, 11) is 0. The number of ether oxygens (including phenoxy) is 1. The molecule has 2 aromatic carbocycles. The first-order valence-electron chi connectivity index (χ1n) is 9.33. The second-order valence-corrected chi connectivity index (χ2v) is 7.57. The first kappa shape index (κ1) is 20.9. The van der Waals surface area contributed by atoms with Gasteiger partial charge in [0.25, 0.3) is 0 Å². The van der Waals surface area contributed by atoms with Crippen molar-refractivity contribution in [3.05, 3.63) is 46.9 Å². The van der Waals surface area contributed by atoms with Crippen LogP contribution in [-0.4, -0.2) is 38.1 Å². The number of halogens is 3. The molecule has 2 aromatic heterocycles. The van der Waals surface area contributed by atoms with Gasteiger partial charge in [0, 0.05) is 9.86 Å². The van der Waals surface area contributed by atoms with Gasteiger partial charge in [-0.15, -0.1) is 5.10 Å². The third-order valence-electron chi connectivity index (χ3n) is 4.63. The molecule has 0 aliphatic heterocycles. The highest BCUT2D eigenvalue weighted by Crippen LogP contribution is 2.33.